The van der Waals surface area contributed by atoms with Crippen LogP contribution < -0.4 is 10.6 Å². The van der Waals surface area contributed by atoms with Crippen LogP contribution in [0.4, 0.5) is 5.69 Å². The minimum absolute atomic E-state index is 0.184. The maximum atomic E-state index is 12.5. The van der Waals surface area contributed by atoms with Crippen molar-refractivity contribution < 1.29 is 4.79 Å². The summed E-state index contributed by atoms with van der Waals surface area (Å²) in [7, 11) is 0. The fourth-order valence-electron chi connectivity index (χ4n) is 3.03. The normalized spacial score (nSPS) is 13.9. The number of H-pyrrole nitrogens is 1. The van der Waals surface area contributed by atoms with Gasteiger partial charge in [0.05, 0.1) is 0 Å². The third kappa shape index (κ3) is 3.65. The first kappa shape index (κ1) is 16.5. The number of carbonyl (C=O) groups excluding carboxylic acids is 1. The number of nitrogens with zero attached hydrogens (tertiary/aromatic N) is 4. The second-order valence-electron chi connectivity index (χ2n) is 6.40. The summed E-state index contributed by atoms with van der Waals surface area (Å²) in [6, 6.07) is 7.71. The zero-order valence-electron chi connectivity index (χ0n) is 14.6. The molecule has 0 unspecified atom stereocenters. The molecule has 0 bridgehead atoms. The Morgan fingerprint density at radius 1 is 1.23 bits per heavy atom. The first-order valence-electron chi connectivity index (χ1n) is 8.72. The molecule has 0 saturated heterocycles. The van der Waals surface area contributed by atoms with E-state index in [2.05, 4.69) is 35.4 Å². The lowest BCUT2D eigenvalue weighted by Gasteiger charge is -2.04. The number of carbonyl (C=O) groups is 1. The number of amides is 1. The summed E-state index contributed by atoms with van der Waals surface area (Å²) in [6.45, 7) is 4.51. The molecule has 0 spiro atoms. The number of aromatic nitrogens is 5. The largest absolute Gasteiger partial charge is 0.333 e. The predicted molar refractivity (Wildman–Crippen MR) is 97.1 cm³/mol. The summed E-state index contributed by atoms with van der Waals surface area (Å²) >= 11 is 0. The number of nitrogens with one attached hydrogen (secondary N) is 3. The van der Waals surface area contributed by atoms with E-state index in [4.69, 9.17) is 0 Å². The summed E-state index contributed by atoms with van der Waals surface area (Å²) in [4.78, 5) is 21.2. The molecular formula is C18H21N7O. The molecule has 0 fully saturated rings. The third-order valence-corrected chi connectivity index (χ3v) is 4.36. The minimum atomic E-state index is -0.184. The molecule has 134 valence electrons. The van der Waals surface area contributed by atoms with E-state index in [1.165, 1.54) is 0 Å². The average molecular weight is 351 g/mol. The molecule has 1 aromatic carbocycles. The Morgan fingerprint density at radius 2 is 2.08 bits per heavy atom. The van der Waals surface area contributed by atoms with E-state index in [0.717, 1.165) is 54.8 Å². The topological polar surface area (TPSA) is 101 Å². The van der Waals surface area contributed by atoms with Gasteiger partial charge in [-0.25, -0.2) is 9.97 Å². The Bertz CT molecular complexity index is 887. The van der Waals surface area contributed by atoms with E-state index in [1.807, 2.05) is 37.4 Å². The van der Waals surface area contributed by atoms with Crippen LogP contribution in [-0.2, 0) is 19.4 Å². The lowest BCUT2D eigenvalue weighted by molar-refractivity contribution is 0.102. The Kier molecular flexibility index (Phi) is 4.49. The number of hydrogen-bond acceptors (Lipinski definition) is 5. The number of aryl methyl sites for hydroxylation is 1. The highest BCUT2D eigenvalue weighted by atomic mass is 16.1. The zero-order valence-corrected chi connectivity index (χ0v) is 14.6. The zero-order chi connectivity index (χ0) is 17.9. The molecule has 0 atom stereocenters. The summed E-state index contributed by atoms with van der Waals surface area (Å²) in [5.41, 5.74) is 2.29. The number of anilines is 1. The molecule has 1 aliphatic rings. The first-order chi connectivity index (χ1) is 12.7. The number of aromatic amines is 1. The molecule has 3 heterocycles. The molecule has 3 aromatic rings. The fourth-order valence-corrected chi connectivity index (χ4v) is 3.03. The van der Waals surface area contributed by atoms with Gasteiger partial charge in [-0.15, -0.1) is 0 Å². The van der Waals surface area contributed by atoms with E-state index >= 15 is 0 Å². The van der Waals surface area contributed by atoms with Gasteiger partial charge >= 0.3 is 0 Å². The molecule has 26 heavy (non-hydrogen) atoms. The van der Waals surface area contributed by atoms with Crippen molar-refractivity contribution >= 4 is 11.6 Å². The van der Waals surface area contributed by atoms with Gasteiger partial charge in [-0.2, -0.15) is 5.10 Å². The molecule has 3 N–H and O–H groups in total. The fraction of sp³-hybridized carbons (Fsp3) is 0.333. The van der Waals surface area contributed by atoms with E-state index in [9.17, 15) is 4.79 Å². The van der Waals surface area contributed by atoms with Crippen LogP contribution in [0.5, 0.6) is 0 Å². The van der Waals surface area contributed by atoms with Crippen molar-refractivity contribution in [2.75, 3.05) is 18.4 Å². The second-order valence-corrected chi connectivity index (χ2v) is 6.40. The van der Waals surface area contributed by atoms with Gasteiger partial charge in [0.15, 0.2) is 5.82 Å². The summed E-state index contributed by atoms with van der Waals surface area (Å²) in [6.07, 6.45) is 3.32. The second kappa shape index (κ2) is 7.09. The SMILES string of the molecule is Cc1nc(Cc2ccc(NC(=O)c3cn4c(n3)CCNCC4)cc2)n[nH]1. The Hall–Kier alpha value is -3.00. The molecule has 0 saturated carbocycles. The monoisotopic (exact) mass is 351 g/mol. The molecule has 8 heteroatoms. The van der Waals surface area contributed by atoms with Gasteiger partial charge in [0, 0.05) is 44.4 Å². The van der Waals surface area contributed by atoms with E-state index in [1.54, 1.807) is 0 Å². The molecule has 0 aliphatic carbocycles. The molecule has 4 rings (SSSR count). The Morgan fingerprint density at radius 3 is 2.85 bits per heavy atom. The van der Waals surface area contributed by atoms with Crippen molar-refractivity contribution in [3.63, 3.8) is 0 Å². The van der Waals surface area contributed by atoms with Crippen LogP contribution in [0.2, 0.25) is 0 Å². The lowest BCUT2D eigenvalue weighted by atomic mass is 10.1. The number of imidazole rings is 1. The number of hydrogen-bond donors (Lipinski definition) is 3. The third-order valence-electron chi connectivity index (χ3n) is 4.36. The molecule has 1 amide bonds. The van der Waals surface area contributed by atoms with Crippen LogP contribution in [0.15, 0.2) is 30.5 Å². The van der Waals surface area contributed by atoms with Gasteiger partial charge < -0.3 is 15.2 Å². The predicted octanol–water partition coefficient (Wildman–Crippen LogP) is 1.30. The average Bonchev–Trinajstić information content (AvgIpc) is 3.17. The highest BCUT2D eigenvalue weighted by Crippen LogP contribution is 2.14. The maximum absolute atomic E-state index is 12.5. The highest BCUT2D eigenvalue weighted by Gasteiger charge is 2.16. The van der Waals surface area contributed by atoms with Crippen molar-refractivity contribution in [1.82, 2.24) is 30.0 Å². The van der Waals surface area contributed by atoms with Crippen LogP contribution in [0.1, 0.15) is 33.5 Å². The standard InChI is InChI=1S/C18H21N7O/c1-12-20-16(24-23-12)10-13-2-4-14(5-3-13)21-18(26)15-11-25-9-8-19-7-6-17(25)22-15/h2-5,11,19H,6-10H2,1H3,(H,21,26)(H,20,23,24). The molecular weight excluding hydrogens is 330 g/mol. The van der Waals surface area contributed by atoms with Crippen LogP contribution in [0.25, 0.3) is 0 Å². The van der Waals surface area contributed by atoms with Crippen molar-refractivity contribution in [3.8, 4) is 0 Å². The van der Waals surface area contributed by atoms with Gasteiger partial charge in [0.25, 0.3) is 5.91 Å². The van der Waals surface area contributed by atoms with Gasteiger partial charge in [-0.3, -0.25) is 9.89 Å². The van der Waals surface area contributed by atoms with Crippen LogP contribution >= 0.6 is 0 Å². The summed E-state index contributed by atoms with van der Waals surface area (Å²) in [5, 5.41) is 13.2. The van der Waals surface area contributed by atoms with Crippen molar-refractivity contribution in [2.24, 2.45) is 0 Å². The number of rotatable bonds is 4. The van der Waals surface area contributed by atoms with Crippen molar-refractivity contribution in [1.29, 1.82) is 0 Å². The molecule has 0 radical (unpaired) electrons. The van der Waals surface area contributed by atoms with Crippen LogP contribution in [-0.4, -0.2) is 43.7 Å². The lowest BCUT2D eigenvalue weighted by Crippen LogP contribution is -2.18. The highest BCUT2D eigenvalue weighted by molar-refractivity contribution is 6.02. The van der Waals surface area contributed by atoms with Gasteiger partial charge in [0.2, 0.25) is 0 Å². The van der Waals surface area contributed by atoms with E-state index in [0.29, 0.717) is 12.1 Å². The van der Waals surface area contributed by atoms with Gasteiger partial charge in [-0.05, 0) is 24.6 Å². The Labute approximate surface area is 151 Å². The van der Waals surface area contributed by atoms with E-state index in [-0.39, 0.29) is 5.91 Å². The van der Waals surface area contributed by atoms with Gasteiger partial charge in [-0.1, -0.05) is 12.1 Å². The number of fused-ring (bicyclic) bond motifs is 1. The van der Waals surface area contributed by atoms with Crippen LogP contribution in [0.3, 0.4) is 0 Å². The minimum Gasteiger partial charge on any atom is -0.333 e. The smallest absolute Gasteiger partial charge is 0.275 e. The first-order valence-corrected chi connectivity index (χ1v) is 8.72. The summed E-state index contributed by atoms with van der Waals surface area (Å²) < 4.78 is 2.05. The van der Waals surface area contributed by atoms with E-state index < -0.39 is 0 Å². The quantitative estimate of drug-likeness (QED) is 0.658. The summed E-state index contributed by atoms with van der Waals surface area (Å²) in [5.74, 6) is 2.33. The Balaban J connectivity index is 1.41. The molecule has 8 nitrogen and oxygen atoms in total. The van der Waals surface area contributed by atoms with Crippen molar-refractivity contribution in [2.45, 2.75) is 26.3 Å². The van der Waals surface area contributed by atoms with Crippen molar-refractivity contribution in [3.05, 3.63) is 59.2 Å². The van der Waals surface area contributed by atoms with Gasteiger partial charge in [0.1, 0.15) is 17.3 Å². The molecule has 2 aromatic heterocycles. The maximum Gasteiger partial charge on any atom is 0.275 e. The number of benzene rings is 1. The van der Waals surface area contributed by atoms with Crippen LogP contribution in [0, 0.1) is 6.92 Å². The molecule has 1 aliphatic heterocycles.